The Morgan fingerprint density at radius 1 is 1.39 bits per heavy atom. The van der Waals surface area contributed by atoms with Gasteiger partial charge in [-0.1, -0.05) is 24.6 Å². The van der Waals surface area contributed by atoms with Gasteiger partial charge in [-0.3, -0.25) is 4.79 Å². The van der Waals surface area contributed by atoms with Gasteiger partial charge in [-0.05, 0) is 31.4 Å². The van der Waals surface area contributed by atoms with Crippen molar-refractivity contribution < 1.29 is 9.90 Å². The molecule has 0 aliphatic heterocycles. The number of hydrogen-bond donors (Lipinski definition) is 3. The van der Waals surface area contributed by atoms with E-state index < -0.39 is 0 Å². The molecule has 18 heavy (non-hydrogen) atoms. The summed E-state index contributed by atoms with van der Waals surface area (Å²) in [4.78, 5) is 12.2. The van der Waals surface area contributed by atoms with Crippen molar-refractivity contribution in [2.45, 2.75) is 25.9 Å². The fraction of sp³-hybridized carbons (Fsp3) is 0.500. The van der Waals surface area contributed by atoms with Crippen LogP contribution >= 0.6 is 0 Å². The predicted octanol–water partition coefficient (Wildman–Crippen LogP) is 1.49. The van der Waals surface area contributed by atoms with E-state index in [1.54, 1.807) is 0 Å². The summed E-state index contributed by atoms with van der Waals surface area (Å²) in [5.41, 5.74) is 7.14. The van der Waals surface area contributed by atoms with Crippen LogP contribution in [-0.4, -0.2) is 17.6 Å². The van der Waals surface area contributed by atoms with Gasteiger partial charge in [0.05, 0.1) is 6.61 Å². The smallest absolute Gasteiger partial charge is 0.227 e. The molecule has 1 aliphatic rings. The van der Waals surface area contributed by atoms with Crippen molar-refractivity contribution in [3.8, 4) is 0 Å². The van der Waals surface area contributed by atoms with Crippen molar-refractivity contribution in [2.75, 3.05) is 11.9 Å². The summed E-state index contributed by atoms with van der Waals surface area (Å²) >= 11 is 0. The van der Waals surface area contributed by atoms with Gasteiger partial charge in [-0.15, -0.1) is 0 Å². The number of hydrogen-bond acceptors (Lipinski definition) is 3. The average Bonchev–Trinajstić information content (AvgIpc) is 2.87. The summed E-state index contributed by atoms with van der Waals surface area (Å²) in [6.07, 6.45) is 3.02. The fourth-order valence-corrected chi connectivity index (χ4v) is 2.67. The monoisotopic (exact) mass is 248 g/mol. The Morgan fingerprint density at radius 2 is 2.17 bits per heavy atom. The molecule has 0 radical (unpaired) electrons. The Bertz CT molecular complexity index is 420. The molecular weight excluding hydrogens is 228 g/mol. The standard InChI is InChI=1S/C14H20N2O2/c15-8-10-5-3-6-12(10)14(18)16-13-7-2-1-4-11(13)9-17/h1-2,4,7,10,12,17H,3,5-6,8-9,15H2,(H,16,18). The first-order chi connectivity index (χ1) is 8.76. The summed E-state index contributed by atoms with van der Waals surface area (Å²) in [7, 11) is 0. The molecule has 1 aliphatic carbocycles. The lowest BCUT2D eigenvalue weighted by molar-refractivity contribution is -0.120. The van der Waals surface area contributed by atoms with Crippen molar-refractivity contribution in [1.82, 2.24) is 0 Å². The molecule has 0 heterocycles. The Balaban J connectivity index is 2.07. The van der Waals surface area contributed by atoms with Crippen molar-refractivity contribution in [1.29, 1.82) is 0 Å². The Morgan fingerprint density at radius 3 is 2.89 bits per heavy atom. The lowest BCUT2D eigenvalue weighted by Crippen LogP contribution is -2.30. The summed E-state index contributed by atoms with van der Waals surface area (Å²) in [6.45, 7) is 0.501. The zero-order valence-electron chi connectivity index (χ0n) is 10.4. The van der Waals surface area contributed by atoms with Crippen LogP contribution in [0.15, 0.2) is 24.3 Å². The van der Waals surface area contributed by atoms with Crippen molar-refractivity contribution in [3.05, 3.63) is 29.8 Å². The average molecular weight is 248 g/mol. The molecule has 1 fully saturated rings. The molecule has 2 atom stereocenters. The van der Waals surface area contributed by atoms with Gasteiger partial charge in [0.25, 0.3) is 0 Å². The highest BCUT2D eigenvalue weighted by Crippen LogP contribution is 2.32. The Hall–Kier alpha value is -1.39. The minimum atomic E-state index is -0.0680. The van der Waals surface area contributed by atoms with Crippen LogP contribution in [0, 0.1) is 11.8 Å². The first kappa shape index (κ1) is 13.1. The normalized spacial score (nSPS) is 23.0. The predicted molar refractivity (Wildman–Crippen MR) is 70.9 cm³/mol. The first-order valence-corrected chi connectivity index (χ1v) is 6.46. The number of carbonyl (C=O) groups excluding carboxylic acids is 1. The summed E-state index contributed by atoms with van der Waals surface area (Å²) in [5, 5.41) is 12.1. The SMILES string of the molecule is NCC1CCCC1C(=O)Nc1ccccc1CO. The van der Waals surface area contributed by atoms with E-state index in [9.17, 15) is 9.90 Å². The van der Waals surface area contributed by atoms with Crippen molar-refractivity contribution in [3.63, 3.8) is 0 Å². The van der Waals surface area contributed by atoms with E-state index >= 15 is 0 Å². The van der Waals surface area contributed by atoms with E-state index in [2.05, 4.69) is 5.32 Å². The third-order valence-electron chi connectivity index (χ3n) is 3.74. The highest BCUT2D eigenvalue weighted by atomic mass is 16.3. The molecule has 0 saturated heterocycles. The van der Waals surface area contributed by atoms with E-state index in [0.717, 1.165) is 24.8 Å². The van der Waals surface area contributed by atoms with Crippen molar-refractivity contribution in [2.24, 2.45) is 17.6 Å². The van der Waals surface area contributed by atoms with Gasteiger partial charge in [-0.2, -0.15) is 0 Å². The largest absolute Gasteiger partial charge is 0.392 e. The molecule has 1 saturated carbocycles. The van der Waals surface area contributed by atoms with Crippen LogP contribution in [-0.2, 0) is 11.4 Å². The van der Waals surface area contributed by atoms with E-state index in [1.165, 1.54) is 0 Å². The molecule has 4 heteroatoms. The van der Waals surface area contributed by atoms with Gasteiger partial charge in [0.2, 0.25) is 5.91 Å². The molecule has 2 unspecified atom stereocenters. The third kappa shape index (κ3) is 2.71. The molecular formula is C14H20N2O2. The molecule has 1 amide bonds. The maximum atomic E-state index is 12.2. The van der Waals surface area contributed by atoms with Crippen molar-refractivity contribution >= 4 is 11.6 Å². The summed E-state index contributed by atoms with van der Waals surface area (Å²) in [6, 6.07) is 7.32. The van der Waals surface area contributed by atoms with Crippen LogP contribution in [0.2, 0.25) is 0 Å². The highest BCUT2D eigenvalue weighted by Gasteiger charge is 2.32. The number of nitrogens with one attached hydrogen (secondary N) is 1. The Kier molecular flexibility index (Phi) is 4.33. The number of nitrogens with two attached hydrogens (primary N) is 1. The van der Waals surface area contributed by atoms with Gasteiger partial charge in [0.1, 0.15) is 0 Å². The van der Waals surface area contributed by atoms with Crippen LogP contribution in [0.1, 0.15) is 24.8 Å². The van der Waals surface area contributed by atoms with Gasteiger partial charge in [-0.25, -0.2) is 0 Å². The zero-order chi connectivity index (χ0) is 13.0. The second-order valence-corrected chi connectivity index (χ2v) is 4.84. The lowest BCUT2D eigenvalue weighted by Gasteiger charge is -2.18. The van der Waals surface area contributed by atoms with Crippen LogP contribution in [0.3, 0.4) is 0 Å². The maximum Gasteiger partial charge on any atom is 0.227 e. The molecule has 4 nitrogen and oxygen atoms in total. The molecule has 0 aromatic heterocycles. The van der Waals surface area contributed by atoms with Gasteiger partial charge in [0.15, 0.2) is 0 Å². The molecule has 2 rings (SSSR count). The molecule has 1 aromatic rings. The number of para-hydroxylation sites is 1. The topological polar surface area (TPSA) is 75.4 Å². The molecule has 98 valence electrons. The number of aliphatic hydroxyl groups is 1. The second-order valence-electron chi connectivity index (χ2n) is 4.84. The van der Waals surface area contributed by atoms with Gasteiger partial charge >= 0.3 is 0 Å². The van der Waals surface area contributed by atoms with E-state index in [1.807, 2.05) is 24.3 Å². The number of carbonyl (C=O) groups is 1. The van der Waals surface area contributed by atoms with E-state index in [4.69, 9.17) is 5.73 Å². The van der Waals surface area contributed by atoms with Gasteiger partial charge in [0, 0.05) is 17.2 Å². The number of benzene rings is 1. The quantitative estimate of drug-likeness (QED) is 0.755. The highest BCUT2D eigenvalue weighted by molar-refractivity contribution is 5.93. The van der Waals surface area contributed by atoms with Crippen LogP contribution < -0.4 is 11.1 Å². The fourth-order valence-electron chi connectivity index (χ4n) is 2.67. The number of anilines is 1. The van der Waals surface area contributed by atoms with Gasteiger partial charge < -0.3 is 16.2 Å². The minimum absolute atomic E-state index is 0.0155. The molecule has 1 aromatic carbocycles. The van der Waals surface area contributed by atoms with Crippen LogP contribution in [0.25, 0.3) is 0 Å². The van der Waals surface area contributed by atoms with Crippen LogP contribution in [0.5, 0.6) is 0 Å². The number of rotatable bonds is 4. The van der Waals surface area contributed by atoms with Crippen LogP contribution in [0.4, 0.5) is 5.69 Å². The number of aliphatic hydroxyl groups excluding tert-OH is 1. The Labute approximate surface area is 107 Å². The second kappa shape index (κ2) is 5.98. The lowest BCUT2D eigenvalue weighted by atomic mass is 9.95. The summed E-state index contributed by atoms with van der Waals surface area (Å²) in [5.74, 6) is 0.344. The third-order valence-corrected chi connectivity index (χ3v) is 3.74. The number of amides is 1. The maximum absolute atomic E-state index is 12.2. The van der Waals surface area contributed by atoms with E-state index in [0.29, 0.717) is 18.2 Å². The van der Waals surface area contributed by atoms with E-state index in [-0.39, 0.29) is 18.4 Å². The first-order valence-electron chi connectivity index (χ1n) is 6.46. The molecule has 4 N–H and O–H groups in total. The zero-order valence-corrected chi connectivity index (χ0v) is 10.4. The molecule has 0 spiro atoms. The minimum Gasteiger partial charge on any atom is -0.392 e. The molecule has 0 bridgehead atoms. The summed E-state index contributed by atoms with van der Waals surface area (Å²) < 4.78 is 0.